The summed E-state index contributed by atoms with van der Waals surface area (Å²) < 4.78 is 10.2. The van der Waals surface area contributed by atoms with Crippen LogP contribution in [0.4, 0.5) is 0 Å². The van der Waals surface area contributed by atoms with Crippen LogP contribution in [0, 0.1) is 5.92 Å². The van der Waals surface area contributed by atoms with Gasteiger partial charge in [0.25, 0.3) is 0 Å². The number of aliphatic hydroxyl groups is 3. The van der Waals surface area contributed by atoms with Crippen LogP contribution in [-0.4, -0.2) is 58.8 Å². The van der Waals surface area contributed by atoms with Gasteiger partial charge in [-0.05, 0) is 44.4 Å². The molecule has 0 unspecified atom stereocenters. The topological polar surface area (TPSA) is 113 Å². The van der Waals surface area contributed by atoms with E-state index >= 15 is 0 Å². The van der Waals surface area contributed by atoms with Crippen molar-refractivity contribution in [2.24, 2.45) is 5.92 Å². The fourth-order valence-corrected chi connectivity index (χ4v) is 4.46. The molecule has 0 rings (SSSR count). The quantitative estimate of drug-likeness (QED) is 0.0335. The maximum atomic E-state index is 11.9. The average molecular weight is 621 g/mol. The first-order valence-electron chi connectivity index (χ1n) is 17.3. The van der Waals surface area contributed by atoms with Gasteiger partial charge in [-0.2, -0.15) is 0 Å². The number of carbonyl (C=O) groups excluding carboxylic acids is 2. The molecule has 3 atom stereocenters. The number of hydrogen-bond acceptors (Lipinski definition) is 7. The van der Waals surface area contributed by atoms with Gasteiger partial charge in [0.05, 0.1) is 12.2 Å². The Labute approximate surface area is 268 Å². The molecule has 254 valence electrons. The second-order valence-corrected chi connectivity index (χ2v) is 12.2. The lowest BCUT2D eigenvalue weighted by Crippen LogP contribution is -2.25. The van der Waals surface area contributed by atoms with Gasteiger partial charge in [0.2, 0.25) is 0 Å². The number of carbonyl (C=O) groups is 2. The summed E-state index contributed by atoms with van der Waals surface area (Å²) in [6, 6.07) is 0. The van der Waals surface area contributed by atoms with E-state index in [4.69, 9.17) is 9.47 Å². The number of unbranched alkanes of at least 4 members (excludes halogenated alkanes) is 10. The van der Waals surface area contributed by atoms with Gasteiger partial charge in [-0.15, -0.1) is 0 Å². The van der Waals surface area contributed by atoms with Gasteiger partial charge < -0.3 is 24.8 Å². The van der Waals surface area contributed by atoms with E-state index in [-0.39, 0.29) is 25.6 Å². The SMILES string of the molecule is CCCCC/C=C\C[C@@H](O)/C=C/C=C/C=C\[C@@H](O)CCCC(=O)OC[C@@H](O)COC(=O)CCCCCCCCCCC(C)C. The van der Waals surface area contributed by atoms with Crippen molar-refractivity contribution in [3.05, 3.63) is 48.6 Å². The smallest absolute Gasteiger partial charge is 0.305 e. The number of hydrogen-bond donors (Lipinski definition) is 3. The first-order valence-corrected chi connectivity index (χ1v) is 17.3. The monoisotopic (exact) mass is 620 g/mol. The minimum atomic E-state index is -1.05. The molecule has 0 aromatic carbocycles. The third-order valence-electron chi connectivity index (χ3n) is 7.19. The van der Waals surface area contributed by atoms with Crippen molar-refractivity contribution in [1.29, 1.82) is 0 Å². The third kappa shape index (κ3) is 31.2. The Morgan fingerprint density at radius 2 is 1.16 bits per heavy atom. The Morgan fingerprint density at radius 1 is 0.614 bits per heavy atom. The Balaban J connectivity index is 3.78. The molecule has 0 aromatic rings. The minimum Gasteiger partial charge on any atom is -0.463 e. The molecule has 0 heterocycles. The highest BCUT2D eigenvalue weighted by molar-refractivity contribution is 5.69. The van der Waals surface area contributed by atoms with Crippen molar-refractivity contribution in [3.8, 4) is 0 Å². The average Bonchev–Trinajstić information content (AvgIpc) is 2.99. The fraction of sp³-hybridized carbons (Fsp3) is 0.730. The maximum absolute atomic E-state index is 11.9. The van der Waals surface area contributed by atoms with Gasteiger partial charge in [-0.25, -0.2) is 0 Å². The number of esters is 2. The summed E-state index contributed by atoms with van der Waals surface area (Å²) in [5, 5.41) is 29.9. The summed E-state index contributed by atoms with van der Waals surface area (Å²) in [6.07, 6.45) is 29.5. The molecular weight excluding hydrogens is 556 g/mol. The van der Waals surface area contributed by atoms with Gasteiger partial charge in [-0.3, -0.25) is 9.59 Å². The zero-order valence-corrected chi connectivity index (χ0v) is 28.0. The van der Waals surface area contributed by atoms with Gasteiger partial charge in [-0.1, -0.05) is 134 Å². The van der Waals surface area contributed by atoms with Crippen LogP contribution in [0.1, 0.15) is 136 Å². The largest absolute Gasteiger partial charge is 0.463 e. The highest BCUT2D eigenvalue weighted by atomic mass is 16.6. The molecular formula is C37H64O7. The molecule has 44 heavy (non-hydrogen) atoms. The number of ether oxygens (including phenoxy) is 2. The van der Waals surface area contributed by atoms with Crippen LogP contribution in [0.25, 0.3) is 0 Å². The predicted octanol–water partition coefficient (Wildman–Crippen LogP) is 8.08. The molecule has 0 radical (unpaired) electrons. The van der Waals surface area contributed by atoms with Crippen LogP contribution in [0.15, 0.2) is 48.6 Å². The fourth-order valence-electron chi connectivity index (χ4n) is 4.46. The van der Waals surface area contributed by atoms with E-state index in [1.807, 2.05) is 6.08 Å². The summed E-state index contributed by atoms with van der Waals surface area (Å²) in [4.78, 5) is 23.8. The van der Waals surface area contributed by atoms with Gasteiger partial charge in [0.1, 0.15) is 19.3 Å². The predicted molar refractivity (Wildman–Crippen MR) is 180 cm³/mol. The first-order chi connectivity index (χ1) is 21.2. The molecule has 0 aliphatic rings. The van der Waals surface area contributed by atoms with Crippen LogP contribution >= 0.6 is 0 Å². The van der Waals surface area contributed by atoms with Crippen LogP contribution in [0.3, 0.4) is 0 Å². The van der Waals surface area contributed by atoms with Crippen molar-refractivity contribution in [2.75, 3.05) is 13.2 Å². The maximum Gasteiger partial charge on any atom is 0.305 e. The Kier molecular flexibility index (Phi) is 29.2. The van der Waals surface area contributed by atoms with E-state index in [1.165, 1.54) is 57.8 Å². The summed E-state index contributed by atoms with van der Waals surface area (Å²) in [5.41, 5.74) is 0. The molecule has 0 aliphatic carbocycles. The molecule has 7 heteroatoms. The molecule has 0 aromatic heterocycles. The summed E-state index contributed by atoms with van der Waals surface area (Å²) in [5.74, 6) is -0.0140. The van der Waals surface area contributed by atoms with Crippen LogP contribution in [0.2, 0.25) is 0 Å². The molecule has 0 amide bonds. The van der Waals surface area contributed by atoms with Crippen molar-refractivity contribution >= 4 is 11.9 Å². The summed E-state index contributed by atoms with van der Waals surface area (Å²) in [6.45, 7) is 6.29. The normalized spacial score (nSPS) is 14.3. The van der Waals surface area contributed by atoms with E-state index < -0.39 is 24.3 Å². The van der Waals surface area contributed by atoms with Crippen molar-refractivity contribution in [1.82, 2.24) is 0 Å². The van der Waals surface area contributed by atoms with E-state index in [2.05, 4.69) is 26.8 Å². The second-order valence-electron chi connectivity index (χ2n) is 12.2. The standard InChI is InChI=1S/C37H64O7/c1-4-5-6-7-13-18-24-33(38)25-19-15-16-20-26-34(39)27-22-29-37(42)44-31-35(40)30-43-36(41)28-21-14-11-9-8-10-12-17-23-32(2)3/h13,15-16,18-20,25-26,32-35,38-40H,4-12,14,17,21-24,27-31H2,1-3H3/b16-15+,18-13-,25-19+,26-20-/t33-,34-,35+/m1/s1. The molecule has 7 nitrogen and oxygen atoms in total. The first kappa shape index (κ1) is 41.8. The Bertz CT molecular complexity index is 800. The molecule has 0 spiro atoms. The summed E-state index contributed by atoms with van der Waals surface area (Å²) >= 11 is 0. The van der Waals surface area contributed by atoms with Crippen LogP contribution < -0.4 is 0 Å². The lowest BCUT2D eigenvalue weighted by molar-refractivity contribution is -0.152. The highest BCUT2D eigenvalue weighted by Crippen LogP contribution is 2.13. The highest BCUT2D eigenvalue weighted by Gasteiger charge is 2.12. The second kappa shape index (κ2) is 30.8. The number of aliphatic hydroxyl groups excluding tert-OH is 3. The summed E-state index contributed by atoms with van der Waals surface area (Å²) in [7, 11) is 0. The van der Waals surface area contributed by atoms with Gasteiger partial charge in [0, 0.05) is 12.8 Å². The lowest BCUT2D eigenvalue weighted by Gasteiger charge is -2.12. The Hall–Kier alpha value is -2.22. The van der Waals surface area contributed by atoms with Crippen molar-refractivity contribution in [2.45, 2.75) is 155 Å². The van der Waals surface area contributed by atoms with E-state index in [0.717, 1.165) is 31.6 Å². The lowest BCUT2D eigenvalue weighted by atomic mass is 10.0. The van der Waals surface area contributed by atoms with E-state index in [9.17, 15) is 24.9 Å². The van der Waals surface area contributed by atoms with E-state index in [1.54, 1.807) is 36.5 Å². The van der Waals surface area contributed by atoms with Crippen molar-refractivity contribution < 1.29 is 34.4 Å². The molecule has 0 saturated carbocycles. The van der Waals surface area contributed by atoms with E-state index in [0.29, 0.717) is 25.7 Å². The number of allylic oxidation sites excluding steroid dienone is 5. The van der Waals surface area contributed by atoms with Gasteiger partial charge >= 0.3 is 11.9 Å². The minimum absolute atomic E-state index is 0.124. The third-order valence-corrected chi connectivity index (χ3v) is 7.19. The number of rotatable bonds is 29. The molecule has 0 bridgehead atoms. The molecule has 3 N–H and O–H groups in total. The zero-order valence-electron chi connectivity index (χ0n) is 28.0. The van der Waals surface area contributed by atoms with Crippen LogP contribution in [-0.2, 0) is 19.1 Å². The molecule has 0 saturated heterocycles. The zero-order chi connectivity index (χ0) is 32.7. The molecule has 0 fully saturated rings. The van der Waals surface area contributed by atoms with Gasteiger partial charge in [0.15, 0.2) is 0 Å². The Morgan fingerprint density at radius 3 is 1.75 bits per heavy atom. The molecule has 0 aliphatic heterocycles. The van der Waals surface area contributed by atoms with Crippen LogP contribution in [0.5, 0.6) is 0 Å². The van der Waals surface area contributed by atoms with Crippen molar-refractivity contribution in [3.63, 3.8) is 0 Å².